The Morgan fingerprint density at radius 2 is 1.85 bits per heavy atom. The van der Waals surface area contributed by atoms with Crippen molar-refractivity contribution in [1.82, 2.24) is 15.5 Å². The van der Waals surface area contributed by atoms with E-state index in [9.17, 15) is 24.6 Å². The van der Waals surface area contributed by atoms with Gasteiger partial charge in [-0.25, -0.2) is 4.79 Å². The van der Waals surface area contributed by atoms with Crippen LogP contribution in [0.3, 0.4) is 0 Å². The highest BCUT2D eigenvalue weighted by Gasteiger charge is 2.34. The second-order valence-electron chi connectivity index (χ2n) is 9.42. The molecule has 0 aliphatic heterocycles. The number of para-hydroxylation sites is 1. The largest absolute Gasteiger partial charge is 0.507 e. The second-order valence-corrected chi connectivity index (χ2v) is 9.42. The van der Waals surface area contributed by atoms with Crippen LogP contribution in [0, 0.1) is 6.92 Å². The van der Waals surface area contributed by atoms with E-state index < -0.39 is 42.7 Å². The van der Waals surface area contributed by atoms with Crippen LogP contribution in [-0.2, 0) is 14.3 Å². The first-order valence-electron chi connectivity index (χ1n) is 11.5. The fourth-order valence-corrected chi connectivity index (χ4v) is 3.95. The minimum Gasteiger partial charge on any atom is -0.507 e. The molecule has 0 aromatic heterocycles. The number of aromatic hydroxyl groups is 1. The van der Waals surface area contributed by atoms with Crippen LogP contribution < -0.4 is 10.6 Å². The monoisotopic (exact) mass is 463 g/mol. The predicted molar refractivity (Wildman–Crippen MR) is 124 cm³/mol. The van der Waals surface area contributed by atoms with Crippen LogP contribution in [0.5, 0.6) is 5.75 Å². The third-order valence-corrected chi connectivity index (χ3v) is 5.52. The summed E-state index contributed by atoms with van der Waals surface area (Å²) in [4.78, 5) is 39.7. The van der Waals surface area contributed by atoms with Crippen molar-refractivity contribution in [2.45, 2.75) is 77.5 Å². The summed E-state index contributed by atoms with van der Waals surface area (Å²) in [6.45, 7) is 5.87. The number of aryl methyl sites for hydroxylation is 1. The fourth-order valence-electron chi connectivity index (χ4n) is 3.95. The lowest BCUT2D eigenvalue weighted by atomic mass is 9.94. The number of nitrogens with one attached hydrogen (secondary N) is 2. The number of rotatable bonds is 8. The summed E-state index contributed by atoms with van der Waals surface area (Å²) < 4.78 is 5.17. The molecular weight excluding hydrogens is 426 g/mol. The fraction of sp³-hybridized carbons (Fsp3) is 0.625. The highest BCUT2D eigenvalue weighted by molar-refractivity contribution is 5.91. The number of ether oxygens (including phenoxy) is 1. The number of hydrogen-bond donors (Lipinski definition) is 4. The molecule has 33 heavy (non-hydrogen) atoms. The maximum absolute atomic E-state index is 13.4. The van der Waals surface area contributed by atoms with Crippen LogP contribution in [0.4, 0.5) is 4.79 Å². The van der Waals surface area contributed by atoms with Gasteiger partial charge in [0.1, 0.15) is 23.9 Å². The first-order chi connectivity index (χ1) is 15.5. The summed E-state index contributed by atoms with van der Waals surface area (Å²) >= 11 is 0. The molecule has 0 saturated heterocycles. The van der Waals surface area contributed by atoms with E-state index in [1.165, 1.54) is 4.90 Å². The number of amides is 3. The van der Waals surface area contributed by atoms with Crippen molar-refractivity contribution in [2.75, 3.05) is 19.7 Å². The molecule has 1 aliphatic carbocycles. The van der Waals surface area contributed by atoms with Crippen molar-refractivity contribution in [3.8, 4) is 5.75 Å². The van der Waals surface area contributed by atoms with Crippen molar-refractivity contribution < 1.29 is 29.3 Å². The molecule has 0 spiro atoms. The molecule has 4 N–H and O–H groups in total. The third kappa shape index (κ3) is 7.92. The molecule has 1 aromatic carbocycles. The van der Waals surface area contributed by atoms with E-state index in [-0.39, 0.29) is 23.9 Å². The number of alkyl carbamates (subject to hydrolysis) is 1. The molecule has 0 heterocycles. The molecule has 184 valence electrons. The van der Waals surface area contributed by atoms with Gasteiger partial charge in [-0.15, -0.1) is 0 Å². The Kier molecular flexibility index (Phi) is 9.52. The van der Waals surface area contributed by atoms with Gasteiger partial charge in [0.05, 0.1) is 6.61 Å². The van der Waals surface area contributed by atoms with Crippen LogP contribution in [0.2, 0.25) is 0 Å². The van der Waals surface area contributed by atoms with Gasteiger partial charge in [0.25, 0.3) is 0 Å². The summed E-state index contributed by atoms with van der Waals surface area (Å²) in [5, 5.41) is 25.8. The predicted octanol–water partition coefficient (Wildman–Crippen LogP) is 2.54. The molecule has 1 atom stereocenters. The van der Waals surface area contributed by atoms with Gasteiger partial charge < -0.3 is 30.5 Å². The summed E-state index contributed by atoms with van der Waals surface area (Å²) in [5.74, 6) is -1.10. The topological polar surface area (TPSA) is 128 Å². The quantitative estimate of drug-likeness (QED) is 0.469. The minimum absolute atomic E-state index is 0.00771. The maximum Gasteiger partial charge on any atom is 0.408 e. The van der Waals surface area contributed by atoms with E-state index in [4.69, 9.17) is 4.74 Å². The van der Waals surface area contributed by atoms with Crippen LogP contribution in [-0.4, -0.2) is 64.4 Å². The van der Waals surface area contributed by atoms with E-state index in [0.717, 1.165) is 32.1 Å². The lowest BCUT2D eigenvalue weighted by molar-refractivity contribution is -0.141. The molecule has 1 aliphatic rings. The van der Waals surface area contributed by atoms with E-state index in [2.05, 4.69) is 10.6 Å². The smallest absolute Gasteiger partial charge is 0.408 e. The Morgan fingerprint density at radius 3 is 2.45 bits per heavy atom. The summed E-state index contributed by atoms with van der Waals surface area (Å²) in [7, 11) is 0. The first-order valence-corrected chi connectivity index (χ1v) is 11.5. The van der Waals surface area contributed by atoms with Gasteiger partial charge in [-0.2, -0.15) is 0 Å². The number of phenolic OH excluding ortho intramolecular Hbond substituents is 1. The standard InChI is InChI=1S/C24H37N3O6/c1-16-9-8-12-18(21(16)30)20(22(31)26-17-10-6-5-7-11-17)27(13-14-28)19(29)15-25-23(32)33-24(2,3)4/h8-9,12,17,20,28,30H,5-7,10-11,13-15H2,1-4H3,(H,25,32)(H,26,31). The molecule has 1 aromatic rings. The molecular formula is C24H37N3O6. The van der Waals surface area contributed by atoms with E-state index in [0.29, 0.717) is 5.56 Å². The summed E-state index contributed by atoms with van der Waals surface area (Å²) in [6.07, 6.45) is 4.11. The lowest BCUT2D eigenvalue weighted by Crippen LogP contribution is -2.50. The zero-order chi connectivity index (χ0) is 24.6. The van der Waals surface area contributed by atoms with E-state index in [1.54, 1.807) is 45.9 Å². The zero-order valence-corrected chi connectivity index (χ0v) is 20.0. The van der Waals surface area contributed by atoms with Crippen LogP contribution in [0.15, 0.2) is 18.2 Å². The number of aliphatic hydroxyl groups excluding tert-OH is 1. The van der Waals surface area contributed by atoms with E-state index >= 15 is 0 Å². The Bertz CT molecular complexity index is 830. The van der Waals surface area contributed by atoms with Gasteiger partial charge in [-0.05, 0) is 46.1 Å². The molecule has 1 saturated carbocycles. The van der Waals surface area contributed by atoms with Crippen LogP contribution in [0.25, 0.3) is 0 Å². The molecule has 1 fully saturated rings. The number of nitrogens with zero attached hydrogens (tertiary/aromatic N) is 1. The average Bonchev–Trinajstić information content (AvgIpc) is 2.74. The number of phenols is 1. The van der Waals surface area contributed by atoms with Crippen LogP contribution >= 0.6 is 0 Å². The summed E-state index contributed by atoms with van der Waals surface area (Å²) in [6, 6.07) is 3.83. The Morgan fingerprint density at radius 1 is 1.18 bits per heavy atom. The molecule has 0 radical (unpaired) electrons. The average molecular weight is 464 g/mol. The van der Waals surface area contributed by atoms with Gasteiger partial charge in [-0.3, -0.25) is 9.59 Å². The molecule has 1 unspecified atom stereocenters. The molecule has 9 nitrogen and oxygen atoms in total. The summed E-state index contributed by atoms with van der Waals surface area (Å²) in [5.41, 5.74) is 0.0989. The third-order valence-electron chi connectivity index (χ3n) is 5.52. The van der Waals surface area contributed by atoms with Gasteiger partial charge in [0.2, 0.25) is 11.8 Å². The van der Waals surface area contributed by atoms with Gasteiger partial charge in [-0.1, -0.05) is 37.5 Å². The minimum atomic E-state index is -1.16. The normalized spacial score (nSPS) is 15.4. The number of carbonyl (C=O) groups is 3. The lowest BCUT2D eigenvalue weighted by Gasteiger charge is -2.33. The Labute approximate surface area is 195 Å². The molecule has 9 heteroatoms. The number of benzene rings is 1. The maximum atomic E-state index is 13.4. The van der Waals surface area contributed by atoms with Crippen molar-refractivity contribution in [3.05, 3.63) is 29.3 Å². The Hall–Kier alpha value is -2.81. The van der Waals surface area contributed by atoms with Crippen molar-refractivity contribution in [1.29, 1.82) is 0 Å². The van der Waals surface area contributed by atoms with Gasteiger partial charge in [0, 0.05) is 18.2 Å². The van der Waals surface area contributed by atoms with E-state index in [1.807, 2.05) is 0 Å². The molecule has 0 bridgehead atoms. The molecule has 3 amide bonds. The molecule has 2 rings (SSSR count). The highest BCUT2D eigenvalue weighted by Crippen LogP contribution is 2.32. The number of aliphatic hydroxyl groups is 1. The number of hydrogen-bond acceptors (Lipinski definition) is 6. The van der Waals surface area contributed by atoms with Gasteiger partial charge >= 0.3 is 6.09 Å². The highest BCUT2D eigenvalue weighted by atomic mass is 16.6. The SMILES string of the molecule is Cc1cccc(C(C(=O)NC2CCCCC2)N(CCO)C(=O)CNC(=O)OC(C)(C)C)c1O. The van der Waals surface area contributed by atoms with Crippen molar-refractivity contribution in [3.63, 3.8) is 0 Å². The van der Waals surface area contributed by atoms with Gasteiger partial charge in [0.15, 0.2) is 0 Å². The van der Waals surface area contributed by atoms with Crippen molar-refractivity contribution >= 4 is 17.9 Å². The Balaban J connectivity index is 2.29. The zero-order valence-electron chi connectivity index (χ0n) is 20.0. The first kappa shape index (κ1) is 26.4. The number of carbonyl (C=O) groups excluding carboxylic acids is 3. The van der Waals surface area contributed by atoms with Crippen molar-refractivity contribution in [2.24, 2.45) is 0 Å². The second kappa shape index (κ2) is 11.9. The van der Waals surface area contributed by atoms with Crippen LogP contribution in [0.1, 0.15) is 70.0 Å².